The maximum absolute atomic E-state index is 10.9. The lowest BCUT2D eigenvalue weighted by molar-refractivity contribution is 0.158. The zero-order valence-corrected chi connectivity index (χ0v) is 19.4. The number of carboxylic acid groups (broad SMARTS) is 1. The van der Waals surface area contributed by atoms with Crippen LogP contribution in [0.4, 0.5) is 10.5 Å². The van der Waals surface area contributed by atoms with Crippen LogP contribution in [-0.2, 0) is 12.8 Å². The Morgan fingerprint density at radius 2 is 1.94 bits per heavy atom. The highest BCUT2D eigenvalue weighted by Gasteiger charge is 2.29. The van der Waals surface area contributed by atoms with E-state index < -0.39 is 6.09 Å². The summed E-state index contributed by atoms with van der Waals surface area (Å²) in [7, 11) is 0. The van der Waals surface area contributed by atoms with Gasteiger partial charge >= 0.3 is 6.09 Å². The van der Waals surface area contributed by atoms with Crippen molar-refractivity contribution >= 4 is 22.8 Å². The molecule has 5 rings (SSSR count). The van der Waals surface area contributed by atoms with E-state index in [0.29, 0.717) is 24.3 Å². The second-order valence-corrected chi connectivity index (χ2v) is 9.41. The second kappa shape index (κ2) is 9.06. The number of likely N-dealkylation sites (tertiary alicyclic amines) is 1. The van der Waals surface area contributed by atoms with Gasteiger partial charge in [0.05, 0.1) is 17.6 Å². The molecule has 1 aliphatic carbocycles. The minimum absolute atomic E-state index is 0.404. The molecule has 3 aromatic rings. The summed E-state index contributed by atoms with van der Waals surface area (Å²) in [4.78, 5) is 18.3. The van der Waals surface area contributed by atoms with Gasteiger partial charge in [0.1, 0.15) is 0 Å². The normalized spacial score (nSPS) is 19.0. The summed E-state index contributed by atoms with van der Waals surface area (Å²) in [6.45, 7) is 7.96. The Morgan fingerprint density at radius 1 is 1.15 bits per heavy atom. The number of nitrogens with zero attached hydrogens (tertiary/aromatic N) is 3. The average Bonchev–Trinajstić information content (AvgIpc) is 3.33. The molecule has 1 saturated heterocycles. The first-order valence-corrected chi connectivity index (χ1v) is 12.0. The number of aryl methyl sites for hydroxylation is 1. The van der Waals surface area contributed by atoms with Gasteiger partial charge in [-0.1, -0.05) is 12.1 Å². The van der Waals surface area contributed by atoms with E-state index in [0.717, 1.165) is 56.8 Å². The summed E-state index contributed by atoms with van der Waals surface area (Å²) in [5, 5.41) is 11.4. The molecule has 33 heavy (non-hydrogen) atoms. The van der Waals surface area contributed by atoms with Crippen LogP contribution in [0.25, 0.3) is 11.0 Å². The number of ether oxygens (including phenoxy) is 1. The van der Waals surface area contributed by atoms with E-state index in [-0.39, 0.29) is 0 Å². The van der Waals surface area contributed by atoms with Crippen molar-refractivity contribution in [3.8, 4) is 6.01 Å². The Morgan fingerprint density at radius 3 is 2.70 bits per heavy atom. The van der Waals surface area contributed by atoms with E-state index in [4.69, 9.17) is 14.8 Å². The van der Waals surface area contributed by atoms with Crippen molar-refractivity contribution in [3.05, 3.63) is 53.1 Å². The van der Waals surface area contributed by atoms with Crippen LogP contribution >= 0.6 is 0 Å². The van der Waals surface area contributed by atoms with Gasteiger partial charge in [0.25, 0.3) is 6.01 Å². The molecular weight excluding hydrogens is 416 g/mol. The number of aromatic nitrogens is 2. The molecule has 7 heteroatoms. The van der Waals surface area contributed by atoms with E-state index in [9.17, 15) is 4.79 Å². The lowest BCUT2D eigenvalue weighted by Crippen LogP contribution is -2.38. The Labute approximate surface area is 194 Å². The number of hydrogen-bond acceptors (Lipinski definition) is 4. The molecule has 0 radical (unpaired) electrons. The summed E-state index contributed by atoms with van der Waals surface area (Å²) >= 11 is 0. The fourth-order valence-electron chi connectivity index (χ4n) is 5.54. The maximum Gasteiger partial charge on any atom is 0.409 e. The van der Waals surface area contributed by atoms with Gasteiger partial charge < -0.3 is 14.7 Å². The zero-order valence-electron chi connectivity index (χ0n) is 19.4. The highest BCUT2D eigenvalue weighted by Crippen LogP contribution is 2.34. The lowest BCUT2D eigenvalue weighted by atomic mass is 10.0. The number of amides is 1. The number of nitrogens with one attached hydrogen (secondary N) is 1. The first kappa shape index (κ1) is 21.8. The van der Waals surface area contributed by atoms with Gasteiger partial charge in [-0.05, 0) is 86.4 Å². The van der Waals surface area contributed by atoms with Gasteiger partial charge in [-0.2, -0.15) is 4.98 Å². The first-order chi connectivity index (χ1) is 16.0. The molecule has 2 N–H and O–H groups in total. The van der Waals surface area contributed by atoms with Crippen molar-refractivity contribution in [2.45, 2.75) is 45.6 Å². The lowest BCUT2D eigenvalue weighted by Gasteiger charge is -2.34. The smallest absolute Gasteiger partial charge is 0.409 e. The van der Waals surface area contributed by atoms with Gasteiger partial charge in [0.2, 0.25) is 0 Å². The number of carbonyl (C=O) groups is 1. The molecule has 1 aliphatic heterocycles. The Bertz CT molecular complexity index is 1160. The minimum Gasteiger partial charge on any atom is -0.465 e. The maximum atomic E-state index is 10.9. The number of benzene rings is 2. The van der Waals surface area contributed by atoms with Crippen LogP contribution in [0.1, 0.15) is 42.5 Å². The van der Waals surface area contributed by atoms with E-state index in [1.54, 1.807) is 0 Å². The number of rotatable bonds is 6. The molecule has 2 aliphatic rings. The van der Waals surface area contributed by atoms with Gasteiger partial charge in [-0.25, -0.2) is 4.79 Å². The fourth-order valence-corrected chi connectivity index (χ4v) is 5.54. The van der Waals surface area contributed by atoms with E-state index in [2.05, 4.69) is 46.0 Å². The van der Waals surface area contributed by atoms with Crippen molar-refractivity contribution in [1.29, 1.82) is 0 Å². The molecule has 0 saturated carbocycles. The summed E-state index contributed by atoms with van der Waals surface area (Å²) in [6, 6.07) is 13.6. The van der Waals surface area contributed by atoms with Gasteiger partial charge in [0, 0.05) is 31.4 Å². The number of piperidine rings is 1. The second-order valence-electron chi connectivity index (χ2n) is 9.41. The van der Waals surface area contributed by atoms with Gasteiger partial charge in [-0.15, -0.1) is 0 Å². The highest BCUT2D eigenvalue weighted by molar-refractivity contribution is 5.83. The molecule has 7 nitrogen and oxygen atoms in total. The molecule has 1 atom stereocenters. The van der Waals surface area contributed by atoms with Crippen molar-refractivity contribution in [2.75, 3.05) is 31.6 Å². The molecule has 1 amide bonds. The molecule has 2 aromatic carbocycles. The fraction of sp³-hybridized carbons (Fsp3) is 0.462. The average molecular weight is 449 g/mol. The van der Waals surface area contributed by atoms with Crippen LogP contribution in [0.2, 0.25) is 0 Å². The van der Waals surface area contributed by atoms with E-state index in [1.807, 2.05) is 19.1 Å². The van der Waals surface area contributed by atoms with Crippen molar-refractivity contribution in [3.63, 3.8) is 0 Å². The number of anilines is 1. The van der Waals surface area contributed by atoms with Crippen LogP contribution in [0.5, 0.6) is 6.01 Å². The third-order valence-corrected chi connectivity index (χ3v) is 7.00. The van der Waals surface area contributed by atoms with Crippen molar-refractivity contribution < 1.29 is 14.6 Å². The molecule has 1 aromatic heterocycles. The predicted molar refractivity (Wildman–Crippen MR) is 129 cm³/mol. The summed E-state index contributed by atoms with van der Waals surface area (Å²) in [5.41, 5.74) is 6.69. The van der Waals surface area contributed by atoms with Crippen LogP contribution in [0.15, 0.2) is 36.4 Å². The monoisotopic (exact) mass is 448 g/mol. The van der Waals surface area contributed by atoms with Crippen molar-refractivity contribution in [2.24, 2.45) is 5.92 Å². The first-order valence-electron chi connectivity index (χ1n) is 12.0. The highest BCUT2D eigenvalue weighted by atomic mass is 16.5. The molecule has 2 heterocycles. The van der Waals surface area contributed by atoms with Gasteiger partial charge in [-0.3, -0.25) is 9.88 Å². The zero-order chi connectivity index (χ0) is 22.9. The van der Waals surface area contributed by atoms with Crippen molar-refractivity contribution in [1.82, 2.24) is 14.5 Å². The Hall–Kier alpha value is -3.06. The van der Waals surface area contributed by atoms with Gasteiger partial charge in [0.15, 0.2) is 0 Å². The molecule has 0 bridgehead atoms. The topological polar surface area (TPSA) is 79.6 Å². The van der Waals surface area contributed by atoms with Crippen LogP contribution in [0.3, 0.4) is 0 Å². The minimum atomic E-state index is -1.01. The SMILES string of the molecule is CCOc1nc2cc(C)ccc2n1C1CCN(C[C@H]2Cc3ccc(NC(=O)O)cc3C2)CC1. The Kier molecular flexibility index (Phi) is 5.98. The van der Waals surface area contributed by atoms with Crippen LogP contribution < -0.4 is 10.1 Å². The predicted octanol–water partition coefficient (Wildman–Crippen LogP) is 4.89. The molecule has 1 fully saturated rings. The third-order valence-electron chi connectivity index (χ3n) is 7.00. The number of fused-ring (bicyclic) bond motifs is 2. The van der Waals surface area contributed by atoms with E-state index >= 15 is 0 Å². The molecular formula is C26H32N4O3. The summed E-state index contributed by atoms with van der Waals surface area (Å²) < 4.78 is 8.23. The number of hydrogen-bond donors (Lipinski definition) is 2. The van der Waals surface area contributed by atoms with E-state index in [1.165, 1.54) is 22.2 Å². The molecule has 0 spiro atoms. The van der Waals surface area contributed by atoms with Crippen LogP contribution in [-0.4, -0.2) is 51.9 Å². The largest absolute Gasteiger partial charge is 0.465 e. The quantitative estimate of drug-likeness (QED) is 0.562. The standard InChI is InChI=1S/C26H32N4O3/c1-3-33-25-28-23-12-17(2)4-7-24(23)30(25)22-8-10-29(11-9-22)16-18-13-19-5-6-21(27-26(31)32)15-20(19)14-18/h4-7,12,15,18,22,27H,3,8-11,13-14,16H2,1-2H3,(H,31,32)/t18-/m0/s1. The van der Waals surface area contributed by atoms with Crippen LogP contribution in [0, 0.1) is 12.8 Å². The molecule has 0 unspecified atom stereocenters. The number of imidazole rings is 1. The molecule has 174 valence electrons. The Balaban J connectivity index is 1.22. The summed E-state index contributed by atoms with van der Waals surface area (Å²) in [5.74, 6) is 0.590. The summed E-state index contributed by atoms with van der Waals surface area (Å²) in [6.07, 6.45) is 3.26. The third kappa shape index (κ3) is 4.55.